The molecule has 1 rings (SSSR count). The molecule has 1 radical (unpaired) electrons. The monoisotopic (exact) mass is 211 g/mol. The highest BCUT2D eigenvalue weighted by Crippen LogP contribution is 2.34. The molecular formula is C11H19N2O2. The van der Waals surface area contributed by atoms with Crippen molar-refractivity contribution in [2.45, 2.75) is 52.1 Å². The Kier molecular flexibility index (Phi) is 2.94. The third-order valence-corrected chi connectivity index (χ3v) is 2.56. The van der Waals surface area contributed by atoms with Crippen LogP contribution in [0.25, 0.3) is 0 Å². The summed E-state index contributed by atoms with van der Waals surface area (Å²) >= 11 is 0. The second kappa shape index (κ2) is 3.61. The minimum absolute atomic E-state index is 0.0906. The summed E-state index contributed by atoms with van der Waals surface area (Å²) < 4.78 is 0. The van der Waals surface area contributed by atoms with Gasteiger partial charge in [-0.15, -0.1) is 10.3 Å². The number of carbonyl (C=O) groups excluding carboxylic acids is 1. The molecule has 0 fully saturated rings. The van der Waals surface area contributed by atoms with Crippen LogP contribution in [0.3, 0.4) is 0 Å². The number of hydrogen-bond acceptors (Lipinski definition) is 2. The Balaban J connectivity index is 2.98. The molecule has 0 bridgehead atoms. The Bertz CT molecular complexity index is 306. The van der Waals surface area contributed by atoms with Crippen molar-refractivity contribution in [3.8, 4) is 0 Å². The fourth-order valence-electron chi connectivity index (χ4n) is 2.16. The maximum absolute atomic E-state index is 12.0. The zero-order chi connectivity index (χ0) is 11.9. The van der Waals surface area contributed by atoms with E-state index in [9.17, 15) is 10.0 Å². The topological polar surface area (TPSA) is 52.2 Å². The molecule has 1 N–H and O–H groups in total. The predicted molar refractivity (Wildman–Crippen MR) is 57.2 cm³/mol. The van der Waals surface area contributed by atoms with E-state index in [0.29, 0.717) is 6.42 Å². The van der Waals surface area contributed by atoms with Gasteiger partial charge in [0.2, 0.25) is 5.91 Å². The van der Waals surface area contributed by atoms with Gasteiger partial charge in [0.05, 0.1) is 11.1 Å². The van der Waals surface area contributed by atoms with E-state index in [1.165, 1.54) is 6.92 Å². The second-order valence-electron chi connectivity index (χ2n) is 5.29. The maximum Gasteiger partial charge on any atom is 0.220 e. The van der Waals surface area contributed by atoms with Crippen LogP contribution in [0.4, 0.5) is 0 Å². The van der Waals surface area contributed by atoms with Crippen LogP contribution in [0.15, 0.2) is 11.8 Å². The molecular weight excluding hydrogens is 192 g/mol. The normalized spacial score (nSPS) is 24.5. The number of rotatable bonds is 1. The Hall–Kier alpha value is -0.870. The van der Waals surface area contributed by atoms with E-state index in [0.717, 1.165) is 10.8 Å². The number of nitrogens with one attached hydrogen (secondary N) is 1. The Morgan fingerprint density at radius 2 is 1.93 bits per heavy atom. The lowest BCUT2D eigenvalue weighted by Gasteiger charge is -2.45. The average Bonchev–Trinajstić information content (AvgIpc) is 1.97. The van der Waals surface area contributed by atoms with Crippen LogP contribution in [-0.2, 0) is 10.0 Å². The largest absolute Gasteiger partial charge is 0.330 e. The smallest absolute Gasteiger partial charge is 0.220 e. The van der Waals surface area contributed by atoms with Gasteiger partial charge in [-0.25, -0.2) is 0 Å². The van der Waals surface area contributed by atoms with Crippen molar-refractivity contribution in [1.29, 1.82) is 0 Å². The summed E-state index contributed by atoms with van der Waals surface area (Å²) in [5.41, 5.74) is -0.208. The van der Waals surface area contributed by atoms with Crippen molar-refractivity contribution in [3.63, 3.8) is 0 Å². The van der Waals surface area contributed by atoms with E-state index in [4.69, 9.17) is 0 Å². The van der Waals surface area contributed by atoms with Crippen molar-refractivity contribution in [2.24, 2.45) is 0 Å². The van der Waals surface area contributed by atoms with Crippen LogP contribution in [0.1, 0.15) is 41.0 Å². The van der Waals surface area contributed by atoms with Gasteiger partial charge in [0.1, 0.15) is 0 Å². The second-order valence-corrected chi connectivity index (χ2v) is 5.29. The van der Waals surface area contributed by atoms with Crippen molar-refractivity contribution >= 4 is 5.91 Å². The van der Waals surface area contributed by atoms with Gasteiger partial charge in [0.15, 0.2) is 0 Å². The molecule has 1 aliphatic rings. The molecule has 0 aromatic carbocycles. The van der Waals surface area contributed by atoms with Gasteiger partial charge in [0.25, 0.3) is 0 Å². The van der Waals surface area contributed by atoms with Gasteiger partial charge in [-0.1, -0.05) is 0 Å². The molecule has 0 saturated carbocycles. The first-order valence-electron chi connectivity index (χ1n) is 5.12. The number of carbonyl (C=O) groups is 1. The lowest BCUT2D eigenvalue weighted by Crippen LogP contribution is -2.55. The summed E-state index contributed by atoms with van der Waals surface area (Å²) in [6.07, 6.45) is 2.39. The van der Waals surface area contributed by atoms with Gasteiger partial charge in [-0.2, -0.15) is 0 Å². The molecule has 0 aromatic heterocycles. The van der Waals surface area contributed by atoms with Crippen LogP contribution in [0.2, 0.25) is 0 Å². The van der Waals surface area contributed by atoms with Gasteiger partial charge in [-0.05, 0) is 33.8 Å². The minimum Gasteiger partial charge on any atom is -0.330 e. The van der Waals surface area contributed by atoms with Gasteiger partial charge in [-0.3, -0.25) is 4.79 Å². The van der Waals surface area contributed by atoms with Crippen molar-refractivity contribution in [2.75, 3.05) is 0 Å². The molecule has 1 amide bonds. The SMILES string of the molecule is CC(=O)NC1=CC(C)(C)N([O])C(C)(C)C1. The molecule has 1 aliphatic heterocycles. The van der Waals surface area contributed by atoms with Crippen LogP contribution < -0.4 is 5.32 Å². The molecule has 4 heteroatoms. The number of hydroxylamine groups is 2. The summed E-state index contributed by atoms with van der Waals surface area (Å²) in [5, 5.41) is 15.8. The molecule has 0 atom stereocenters. The first kappa shape index (κ1) is 12.2. The molecule has 15 heavy (non-hydrogen) atoms. The summed E-state index contributed by atoms with van der Waals surface area (Å²) in [5.74, 6) is -0.0906. The standard InChI is InChI=1S/C11H19N2O2/c1-8(14)12-9-6-10(2,3)13(15)11(4,5)7-9/h6H,7H2,1-5H3,(H,12,14). The number of hydrogen-bond donors (Lipinski definition) is 1. The van der Waals surface area contributed by atoms with Crippen LogP contribution >= 0.6 is 0 Å². The Morgan fingerprint density at radius 1 is 1.40 bits per heavy atom. The van der Waals surface area contributed by atoms with E-state index < -0.39 is 11.1 Å². The zero-order valence-corrected chi connectivity index (χ0v) is 10.0. The molecule has 85 valence electrons. The van der Waals surface area contributed by atoms with Crippen molar-refractivity contribution < 1.29 is 10.0 Å². The first-order valence-corrected chi connectivity index (χ1v) is 5.12. The minimum atomic E-state index is -0.570. The third kappa shape index (κ3) is 2.58. The van der Waals surface area contributed by atoms with E-state index in [1.807, 2.05) is 33.8 Å². The number of nitrogens with zero attached hydrogens (tertiary/aromatic N) is 1. The van der Waals surface area contributed by atoms with E-state index in [1.54, 1.807) is 0 Å². The summed E-state index contributed by atoms with van der Waals surface area (Å²) in [7, 11) is 0. The summed E-state index contributed by atoms with van der Waals surface area (Å²) in [4.78, 5) is 11.0. The predicted octanol–water partition coefficient (Wildman–Crippen LogP) is 1.61. The quantitative estimate of drug-likeness (QED) is 0.716. The van der Waals surface area contributed by atoms with Crippen LogP contribution in [0.5, 0.6) is 0 Å². The fourth-order valence-corrected chi connectivity index (χ4v) is 2.16. The van der Waals surface area contributed by atoms with E-state index >= 15 is 0 Å². The van der Waals surface area contributed by atoms with Crippen LogP contribution in [0, 0.1) is 0 Å². The van der Waals surface area contributed by atoms with Gasteiger partial charge >= 0.3 is 0 Å². The van der Waals surface area contributed by atoms with E-state index in [-0.39, 0.29) is 5.91 Å². The highest BCUT2D eigenvalue weighted by molar-refractivity contribution is 5.75. The summed E-state index contributed by atoms with van der Waals surface area (Å²) in [6.45, 7) is 8.95. The van der Waals surface area contributed by atoms with E-state index in [2.05, 4.69) is 5.32 Å². The lowest BCUT2D eigenvalue weighted by molar-refractivity contribution is -0.263. The Labute approximate surface area is 90.9 Å². The maximum atomic E-state index is 12.0. The van der Waals surface area contributed by atoms with Crippen LogP contribution in [-0.4, -0.2) is 22.0 Å². The highest BCUT2D eigenvalue weighted by Gasteiger charge is 2.42. The third-order valence-electron chi connectivity index (χ3n) is 2.56. The summed E-state index contributed by atoms with van der Waals surface area (Å²) in [6, 6.07) is 0. The van der Waals surface area contributed by atoms with Crippen molar-refractivity contribution in [1.82, 2.24) is 10.4 Å². The van der Waals surface area contributed by atoms with Gasteiger partial charge < -0.3 is 5.32 Å². The molecule has 0 aromatic rings. The van der Waals surface area contributed by atoms with Crippen molar-refractivity contribution in [3.05, 3.63) is 11.8 Å². The number of amides is 1. The molecule has 0 spiro atoms. The molecule has 1 heterocycles. The zero-order valence-electron chi connectivity index (χ0n) is 10.0. The molecule has 4 nitrogen and oxygen atoms in total. The lowest BCUT2D eigenvalue weighted by atomic mass is 9.85. The Morgan fingerprint density at radius 3 is 2.33 bits per heavy atom. The first-order chi connectivity index (χ1) is 6.65. The fraction of sp³-hybridized carbons (Fsp3) is 0.727. The highest BCUT2D eigenvalue weighted by atomic mass is 16.5. The molecule has 0 unspecified atom stereocenters. The average molecular weight is 211 g/mol. The molecule has 0 saturated heterocycles. The van der Waals surface area contributed by atoms with Gasteiger partial charge in [0, 0.05) is 19.0 Å². The molecule has 0 aliphatic carbocycles.